The molecule has 1 aromatic rings. The molecule has 108 valence electrons. The molecule has 20 heavy (non-hydrogen) atoms. The van der Waals surface area contributed by atoms with Crippen molar-refractivity contribution in [3.05, 3.63) is 29.0 Å². The van der Waals surface area contributed by atoms with Gasteiger partial charge in [0, 0.05) is 11.6 Å². The summed E-state index contributed by atoms with van der Waals surface area (Å²) < 4.78 is 13.5. The van der Waals surface area contributed by atoms with E-state index in [0.717, 1.165) is 18.9 Å². The second-order valence-corrected chi connectivity index (χ2v) is 5.21. The standard InChI is InChI=1S/C13H14ClFN2O3/c14-9-3-4-10(15)11(5-9)16-13(20)17(7-12(18)19)6-8-1-2-8/h3-5,8H,1-2,6-7H2,(H,16,20)(H,18,19). The number of nitrogens with zero attached hydrogens (tertiary/aromatic N) is 1. The Morgan fingerprint density at radius 1 is 1.45 bits per heavy atom. The summed E-state index contributed by atoms with van der Waals surface area (Å²) in [5, 5.41) is 11.5. The van der Waals surface area contributed by atoms with Crippen LogP contribution in [0.5, 0.6) is 0 Å². The van der Waals surface area contributed by atoms with Crippen molar-refractivity contribution in [3.8, 4) is 0 Å². The third kappa shape index (κ3) is 4.09. The smallest absolute Gasteiger partial charge is 0.323 e. The van der Waals surface area contributed by atoms with Crippen LogP contribution in [0.2, 0.25) is 5.02 Å². The van der Waals surface area contributed by atoms with Crippen molar-refractivity contribution in [2.24, 2.45) is 5.92 Å². The third-order valence-electron chi connectivity index (χ3n) is 2.96. The second-order valence-electron chi connectivity index (χ2n) is 4.77. The first-order valence-electron chi connectivity index (χ1n) is 6.18. The molecule has 0 aliphatic heterocycles. The summed E-state index contributed by atoms with van der Waals surface area (Å²) in [5.74, 6) is -1.39. The Balaban J connectivity index is 2.06. The van der Waals surface area contributed by atoms with Gasteiger partial charge >= 0.3 is 12.0 Å². The quantitative estimate of drug-likeness (QED) is 0.878. The largest absolute Gasteiger partial charge is 0.480 e. The van der Waals surface area contributed by atoms with Crippen LogP contribution in [0.4, 0.5) is 14.9 Å². The molecular formula is C13H14ClFN2O3. The maximum Gasteiger partial charge on any atom is 0.323 e. The van der Waals surface area contributed by atoms with Crippen molar-refractivity contribution < 1.29 is 19.1 Å². The monoisotopic (exact) mass is 300 g/mol. The van der Waals surface area contributed by atoms with Gasteiger partial charge in [-0.05, 0) is 37.0 Å². The first-order valence-corrected chi connectivity index (χ1v) is 6.56. The van der Waals surface area contributed by atoms with E-state index in [1.54, 1.807) is 0 Å². The number of hydrogen-bond acceptors (Lipinski definition) is 2. The van der Waals surface area contributed by atoms with Crippen LogP contribution in [0.15, 0.2) is 18.2 Å². The van der Waals surface area contributed by atoms with Gasteiger partial charge in [-0.15, -0.1) is 0 Å². The van der Waals surface area contributed by atoms with Gasteiger partial charge in [0.2, 0.25) is 0 Å². The summed E-state index contributed by atoms with van der Waals surface area (Å²) >= 11 is 5.73. The minimum absolute atomic E-state index is 0.0614. The van der Waals surface area contributed by atoms with Crippen molar-refractivity contribution in [3.63, 3.8) is 0 Å². The molecule has 0 heterocycles. The molecule has 7 heteroatoms. The van der Waals surface area contributed by atoms with Crippen molar-refractivity contribution in [2.45, 2.75) is 12.8 Å². The maximum atomic E-state index is 13.5. The highest BCUT2D eigenvalue weighted by Gasteiger charge is 2.28. The molecule has 0 saturated heterocycles. The van der Waals surface area contributed by atoms with E-state index in [1.165, 1.54) is 17.0 Å². The zero-order valence-electron chi connectivity index (χ0n) is 10.6. The van der Waals surface area contributed by atoms with E-state index in [4.69, 9.17) is 16.7 Å². The van der Waals surface area contributed by atoms with Crippen LogP contribution >= 0.6 is 11.6 Å². The number of carbonyl (C=O) groups excluding carboxylic acids is 1. The van der Waals surface area contributed by atoms with E-state index >= 15 is 0 Å². The minimum atomic E-state index is -1.10. The van der Waals surface area contributed by atoms with E-state index in [0.29, 0.717) is 12.5 Å². The molecule has 1 aliphatic rings. The highest BCUT2D eigenvalue weighted by molar-refractivity contribution is 6.30. The predicted octanol–water partition coefficient (Wildman–Crippen LogP) is 2.81. The average molecular weight is 301 g/mol. The van der Waals surface area contributed by atoms with Crippen LogP contribution in [0.3, 0.4) is 0 Å². The highest BCUT2D eigenvalue weighted by Crippen LogP contribution is 2.30. The lowest BCUT2D eigenvalue weighted by Gasteiger charge is -2.21. The molecule has 2 N–H and O–H groups in total. The van der Waals surface area contributed by atoms with Gasteiger partial charge in [0.25, 0.3) is 0 Å². The number of amides is 2. The van der Waals surface area contributed by atoms with Crippen LogP contribution in [-0.2, 0) is 4.79 Å². The lowest BCUT2D eigenvalue weighted by molar-refractivity contribution is -0.137. The molecule has 2 amide bonds. The van der Waals surface area contributed by atoms with Gasteiger partial charge in [0.05, 0.1) is 5.69 Å². The SMILES string of the molecule is O=C(O)CN(CC1CC1)C(=O)Nc1cc(Cl)ccc1F. The number of halogens is 2. The van der Waals surface area contributed by atoms with E-state index in [9.17, 15) is 14.0 Å². The molecular weight excluding hydrogens is 287 g/mol. The number of aliphatic carboxylic acids is 1. The van der Waals surface area contributed by atoms with E-state index in [-0.39, 0.29) is 10.7 Å². The van der Waals surface area contributed by atoms with Crippen molar-refractivity contribution >= 4 is 29.3 Å². The van der Waals surface area contributed by atoms with Crippen molar-refractivity contribution in [1.29, 1.82) is 0 Å². The minimum Gasteiger partial charge on any atom is -0.480 e. The van der Waals surface area contributed by atoms with Gasteiger partial charge in [-0.2, -0.15) is 0 Å². The summed E-state index contributed by atoms with van der Waals surface area (Å²) in [6.45, 7) is -0.0508. The van der Waals surface area contributed by atoms with Gasteiger partial charge < -0.3 is 15.3 Å². The highest BCUT2D eigenvalue weighted by atomic mass is 35.5. The topological polar surface area (TPSA) is 69.6 Å². The fourth-order valence-electron chi connectivity index (χ4n) is 1.78. The first-order chi connectivity index (χ1) is 9.45. The Morgan fingerprint density at radius 3 is 2.75 bits per heavy atom. The normalized spacial score (nSPS) is 13.9. The summed E-state index contributed by atoms with van der Waals surface area (Å²) in [6, 6.07) is 3.15. The van der Waals surface area contributed by atoms with Crippen molar-refractivity contribution in [2.75, 3.05) is 18.4 Å². The number of hydrogen-bond donors (Lipinski definition) is 2. The first kappa shape index (κ1) is 14.6. The fourth-order valence-corrected chi connectivity index (χ4v) is 1.95. The number of benzene rings is 1. The summed E-state index contributed by atoms with van der Waals surface area (Å²) in [5.41, 5.74) is -0.0614. The number of carboxylic acids is 1. The molecule has 2 rings (SSSR count). The summed E-state index contributed by atoms with van der Waals surface area (Å²) in [4.78, 5) is 24.0. The predicted molar refractivity (Wildman–Crippen MR) is 72.4 cm³/mol. The van der Waals surface area contributed by atoms with Gasteiger partial charge in [0.1, 0.15) is 12.4 Å². The number of nitrogens with one attached hydrogen (secondary N) is 1. The molecule has 0 atom stereocenters. The molecule has 0 unspecified atom stereocenters. The van der Waals surface area contributed by atoms with Crippen LogP contribution in [-0.4, -0.2) is 35.1 Å². The molecule has 1 fully saturated rings. The molecule has 0 aromatic heterocycles. The van der Waals surface area contributed by atoms with E-state index in [1.807, 2.05) is 0 Å². The fraction of sp³-hybridized carbons (Fsp3) is 0.385. The number of carboxylic acid groups (broad SMARTS) is 1. The lowest BCUT2D eigenvalue weighted by Crippen LogP contribution is -2.40. The lowest BCUT2D eigenvalue weighted by atomic mass is 10.3. The maximum absolute atomic E-state index is 13.5. The number of rotatable bonds is 5. The van der Waals surface area contributed by atoms with Crippen molar-refractivity contribution in [1.82, 2.24) is 4.90 Å². The number of urea groups is 1. The van der Waals surface area contributed by atoms with Crippen LogP contribution in [0, 0.1) is 11.7 Å². The Bertz CT molecular complexity index is 534. The van der Waals surface area contributed by atoms with Gasteiger partial charge in [-0.3, -0.25) is 4.79 Å². The van der Waals surface area contributed by atoms with Gasteiger partial charge in [-0.1, -0.05) is 11.6 Å². The van der Waals surface area contributed by atoms with Crippen LogP contribution in [0.25, 0.3) is 0 Å². The molecule has 5 nitrogen and oxygen atoms in total. The third-order valence-corrected chi connectivity index (χ3v) is 3.19. The van der Waals surface area contributed by atoms with Gasteiger partial charge in [-0.25, -0.2) is 9.18 Å². The molecule has 1 aliphatic carbocycles. The van der Waals surface area contributed by atoms with Crippen LogP contribution < -0.4 is 5.32 Å². The Morgan fingerprint density at radius 2 is 2.15 bits per heavy atom. The molecule has 1 aromatic carbocycles. The molecule has 1 saturated carbocycles. The zero-order chi connectivity index (χ0) is 14.7. The molecule has 0 bridgehead atoms. The Hall–Kier alpha value is -1.82. The van der Waals surface area contributed by atoms with E-state index < -0.39 is 24.4 Å². The van der Waals surface area contributed by atoms with E-state index in [2.05, 4.69) is 5.32 Å². The number of anilines is 1. The average Bonchev–Trinajstić information content (AvgIpc) is 3.16. The number of carbonyl (C=O) groups is 2. The molecule has 0 spiro atoms. The Kier molecular flexibility index (Phi) is 4.44. The zero-order valence-corrected chi connectivity index (χ0v) is 11.4. The molecule has 0 radical (unpaired) electrons. The summed E-state index contributed by atoms with van der Waals surface area (Å²) in [6.07, 6.45) is 1.96. The second kappa shape index (κ2) is 6.09. The Labute approximate surface area is 120 Å². The summed E-state index contributed by atoms with van der Waals surface area (Å²) in [7, 11) is 0. The van der Waals surface area contributed by atoms with Crippen LogP contribution in [0.1, 0.15) is 12.8 Å². The van der Waals surface area contributed by atoms with Gasteiger partial charge in [0.15, 0.2) is 0 Å².